The Bertz CT molecular complexity index is 359. The fraction of sp³-hybridized carbons (Fsp3) is 0.500. The molecule has 0 unspecified atom stereocenters. The molecule has 0 bridgehead atoms. The van der Waals surface area contributed by atoms with Crippen LogP contribution in [0.25, 0.3) is 0 Å². The molecule has 1 aromatic heterocycles. The first kappa shape index (κ1) is 14.5. The first-order chi connectivity index (χ1) is 7.18. The number of nitrogens with zero attached hydrogens (tertiary/aromatic N) is 2. The van der Waals surface area contributed by atoms with Gasteiger partial charge in [-0.2, -0.15) is 4.90 Å². The molecule has 6 heteroatoms. The van der Waals surface area contributed by atoms with Gasteiger partial charge in [0.2, 0.25) is 0 Å². The molecule has 0 amide bonds. The van der Waals surface area contributed by atoms with Crippen molar-refractivity contribution >= 4 is 30.0 Å². The number of halogens is 1. The first-order valence-electron chi connectivity index (χ1n) is 4.93. The Kier molecular flexibility index (Phi) is 5.77. The minimum Gasteiger partial charge on any atom is -0.778 e. The molecule has 16 heavy (non-hydrogen) atoms. The van der Waals surface area contributed by atoms with Crippen molar-refractivity contribution in [2.45, 2.75) is 23.8 Å². The van der Waals surface area contributed by atoms with Gasteiger partial charge in [0.1, 0.15) is 5.82 Å². The predicted molar refractivity (Wildman–Crippen MR) is 62.3 cm³/mol. The maximum atomic E-state index is 9.40. The Hall–Kier alpha value is 0.420. The van der Waals surface area contributed by atoms with Crippen molar-refractivity contribution in [2.75, 3.05) is 18.0 Å². The summed E-state index contributed by atoms with van der Waals surface area (Å²) in [7, 11) is 0. The van der Waals surface area contributed by atoms with Crippen molar-refractivity contribution < 1.29 is 34.7 Å². The molecule has 1 aliphatic rings. The second-order valence-electron chi connectivity index (χ2n) is 3.66. The van der Waals surface area contributed by atoms with E-state index in [0.717, 1.165) is 31.7 Å². The monoisotopic (exact) mass is 266 g/mol. The number of rotatable bonds is 1. The van der Waals surface area contributed by atoms with Gasteiger partial charge >= 0.3 is 29.6 Å². The average molecular weight is 267 g/mol. The summed E-state index contributed by atoms with van der Waals surface area (Å²) in [6.07, 6.45) is 3.01. The van der Waals surface area contributed by atoms with Crippen molar-refractivity contribution in [3.63, 3.8) is 0 Å². The molecule has 0 radical (unpaired) electrons. The number of piperidine rings is 1. The summed E-state index contributed by atoms with van der Waals surface area (Å²) in [6, 6.07) is 1.72. The van der Waals surface area contributed by atoms with Crippen LogP contribution < -0.4 is 34.5 Å². The molecule has 1 aromatic rings. The fourth-order valence-electron chi connectivity index (χ4n) is 1.71. The first-order valence-corrected chi connectivity index (χ1v) is 5.71. The van der Waals surface area contributed by atoms with Gasteiger partial charge in [-0.25, -0.2) is 4.98 Å². The molecule has 0 aliphatic carbocycles. The van der Waals surface area contributed by atoms with E-state index >= 15 is 0 Å². The second-order valence-corrected chi connectivity index (χ2v) is 4.48. The van der Waals surface area contributed by atoms with Crippen LogP contribution in [0.15, 0.2) is 17.2 Å². The summed E-state index contributed by atoms with van der Waals surface area (Å²) in [5.41, 5.74) is 0. The zero-order chi connectivity index (χ0) is 10.8. The fourth-order valence-corrected chi connectivity index (χ4v) is 2.10. The molecule has 3 nitrogen and oxygen atoms in total. The van der Waals surface area contributed by atoms with E-state index in [1.54, 1.807) is 12.3 Å². The van der Waals surface area contributed by atoms with Crippen LogP contribution >= 0.6 is 11.6 Å². The summed E-state index contributed by atoms with van der Waals surface area (Å²) < 4.78 is 0. The van der Waals surface area contributed by atoms with E-state index in [2.05, 4.69) is 9.88 Å². The van der Waals surface area contributed by atoms with Gasteiger partial charge in [-0.1, -0.05) is 17.7 Å². The average Bonchev–Trinajstić information content (AvgIpc) is 2.24. The van der Waals surface area contributed by atoms with Crippen molar-refractivity contribution in [3.05, 3.63) is 17.3 Å². The molecule has 1 saturated heterocycles. The quantitative estimate of drug-likeness (QED) is 0.501. The molecule has 0 saturated carbocycles. The van der Waals surface area contributed by atoms with E-state index in [4.69, 9.17) is 24.2 Å². The van der Waals surface area contributed by atoms with Crippen LogP contribution in [0.3, 0.4) is 0 Å². The maximum Gasteiger partial charge on any atom is 1.00 e. The normalized spacial score (nSPS) is 17.0. The van der Waals surface area contributed by atoms with Gasteiger partial charge in [0, 0.05) is 19.3 Å². The molecule has 1 fully saturated rings. The summed E-state index contributed by atoms with van der Waals surface area (Å²) in [4.78, 5) is 6.94. The Morgan fingerprint density at radius 2 is 2.06 bits per heavy atom. The molecule has 82 valence electrons. The topological polar surface area (TPSA) is 36.4 Å². The Morgan fingerprint density at radius 1 is 1.44 bits per heavy atom. The van der Waals surface area contributed by atoms with Gasteiger partial charge in [-0.3, -0.25) is 0 Å². The smallest absolute Gasteiger partial charge is 0.778 e. The molecular formula is C10H12ClN2NaOS. The van der Waals surface area contributed by atoms with E-state index in [0.29, 0.717) is 9.92 Å². The number of pyridine rings is 1. The van der Waals surface area contributed by atoms with Crippen molar-refractivity contribution in [1.82, 2.24) is 4.98 Å². The SMILES string of the molecule is OC1CCN(c2nccc([S-])c2Cl)CC1.[Na+]. The zero-order valence-corrected chi connectivity index (χ0v) is 12.8. The van der Waals surface area contributed by atoms with E-state index in [-0.39, 0.29) is 35.7 Å². The van der Waals surface area contributed by atoms with Gasteiger partial charge in [0.05, 0.1) is 11.1 Å². The number of hydrogen-bond donors (Lipinski definition) is 1. The molecule has 2 heterocycles. The van der Waals surface area contributed by atoms with Crippen LogP contribution in [0.2, 0.25) is 5.02 Å². The van der Waals surface area contributed by atoms with Crippen LogP contribution in [0, 0.1) is 0 Å². The second kappa shape index (κ2) is 6.38. The molecule has 2 rings (SSSR count). The Labute approximate surface area is 128 Å². The minimum absolute atomic E-state index is 0. The van der Waals surface area contributed by atoms with Gasteiger partial charge in [0.25, 0.3) is 0 Å². The maximum absolute atomic E-state index is 9.40. The van der Waals surface area contributed by atoms with Crippen LogP contribution in [0.5, 0.6) is 0 Å². The van der Waals surface area contributed by atoms with E-state index < -0.39 is 0 Å². The van der Waals surface area contributed by atoms with Gasteiger partial charge in [-0.05, 0) is 12.8 Å². The van der Waals surface area contributed by atoms with Gasteiger partial charge in [0.15, 0.2) is 0 Å². The number of hydrogen-bond acceptors (Lipinski definition) is 4. The summed E-state index contributed by atoms with van der Waals surface area (Å²) >= 11 is 11.2. The van der Waals surface area contributed by atoms with Crippen LogP contribution in [0.1, 0.15) is 12.8 Å². The van der Waals surface area contributed by atoms with Crippen LogP contribution in [0.4, 0.5) is 5.82 Å². The van der Waals surface area contributed by atoms with Crippen molar-refractivity contribution in [2.24, 2.45) is 0 Å². The molecule has 1 N–H and O–H groups in total. The number of aromatic nitrogens is 1. The van der Waals surface area contributed by atoms with Crippen molar-refractivity contribution in [1.29, 1.82) is 0 Å². The third-order valence-corrected chi connectivity index (χ3v) is 3.42. The van der Waals surface area contributed by atoms with E-state index in [1.807, 2.05) is 0 Å². The zero-order valence-electron chi connectivity index (χ0n) is 9.19. The van der Waals surface area contributed by atoms with Gasteiger partial charge < -0.3 is 22.6 Å². The molecule has 1 aliphatic heterocycles. The minimum atomic E-state index is -0.188. The third kappa shape index (κ3) is 3.22. The number of anilines is 1. The van der Waals surface area contributed by atoms with Crippen LogP contribution in [-0.2, 0) is 12.6 Å². The van der Waals surface area contributed by atoms with Crippen LogP contribution in [-0.4, -0.2) is 29.3 Å². The molecule has 0 atom stereocenters. The van der Waals surface area contributed by atoms with Crippen molar-refractivity contribution in [3.8, 4) is 0 Å². The van der Waals surface area contributed by atoms with E-state index in [1.165, 1.54) is 0 Å². The summed E-state index contributed by atoms with van der Waals surface area (Å²) in [5, 5.41) is 9.94. The molecular weight excluding hydrogens is 255 g/mol. The summed E-state index contributed by atoms with van der Waals surface area (Å²) in [5.74, 6) is 0.746. The number of aliphatic hydroxyl groups excluding tert-OH is 1. The third-order valence-electron chi connectivity index (χ3n) is 2.60. The predicted octanol–water partition coefficient (Wildman–Crippen LogP) is -1.39. The standard InChI is InChI=1S/C10H13ClN2OS.Na/c11-9-8(15)1-4-12-10(9)13-5-2-7(14)3-6-13;/h1,4,7,14H,2-3,5-6H2,(H,12,15);/q;+1/p-1. The van der Waals surface area contributed by atoms with Gasteiger partial charge in [-0.15, -0.1) is 0 Å². The van der Waals surface area contributed by atoms with E-state index in [9.17, 15) is 5.11 Å². The molecule has 0 aromatic carbocycles. The Morgan fingerprint density at radius 3 is 2.69 bits per heavy atom. The number of aliphatic hydroxyl groups is 1. The summed E-state index contributed by atoms with van der Waals surface area (Å²) in [6.45, 7) is 1.57. The Balaban J connectivity index is 0.00000128. The largest absolute Gasteiger partial charge is 1.00 e. The molecule has 0 spiro atoms.